The molecule has 0 atom stereocenters. The maximum atomic E-state index is 12.5. The zero-order chi connectivity index (χ0) is 19.9. The highest BCUT2D eigenvalue weighted by Gasteiger charge is 2.13. The fourth-order valence-corrected chi connectivity index (χ4v) is 3.18. The summed E-state index contributed by atoms with van der Waals surface area (Å²) >= 11 is 0. The van der Waals surface area contributed by atoms with Gasteiger partial charge in [-0.05, 0) is 38.0 Å². The molecule has 0 unspecified atom stereocenters. The number of rotatable bonds is 8. The van der Waals surface area contributed by atoms with Crippen molar-refractivity contribution in [3.05, 3.63) is 95.6 Å². The Bertz CT molecular complexity index is 978. The Labute approximate surface area is 166 Å². The molecule has 0 aliphatic carbocycles. The van der Waals surface area contributed by atoms with Crippen LogP contribution in [0.1, 0.15) is 33.5 Å². The molecule has 4 nitrogen and oxygen atoms in total. The first-order valence-corrected chi connectivity index (χ1v) is 9.55. The summed E-state index contributed by atoms with van der Waals surface area (Å²) in [6, 6.07) is 15.5. The van der Waals surface area contributed by atoms with Crippen LogP contribution in [-0.2, 0) is 24.3 Å². The molecular weight excluding hydrogens is 348 g/mol. The van der Waals surface area contributed by atoms with Crippen molar-refractivity contribution in [2.75, 3.05) is 0 Å². The molecule has 0 spiro atoms. The molecule has 3 aromatic rings. The maximum Gasteiger partial charge on any atom is 0.227 e. The highest BCUT2D eigenvalue weighted by molar-refractivity contribution is 5.95. The third-order valence-corrected chi connectivity index (χ3v) is 4.67. The lowest BCUT2D eigenvalue weighted by Crippen LogP contribution is -2.37. The normalized spacial score (nSPS) is 10.6. The van der Waals surface area contributed by atoms with Crippen molar-refractivity contribution in [1.82, 2.24) is 0 Å². The predicted molar refractivity (Wildman–Crippen MR) is 107 cm³/mol. The van der Waals surface area contributed by atoms with Crippen LogP contribution in [0.15, 0.2) is 73.3 Å². The number of nitrogens with zero attached hydrogens (tertiary/aromatic N) is 2. The molecular formula is C24H26N2O2+2. The molecule has 0 amide bonds. The molecule has 3 rings (SSSR count). The Hall–Kier alpha value is -3.14. The average Bonchev–Trinajstić information content (AvgIpc) is 2.67. The van der Waals surface area contributed by atoms with Gasteiger partial charge in [-0.1, -0.05) is 24.3 Å². The Morgan fingerprint density at radius 3 is 1.93 bits per heavy atom. The van der Waals surface area contributed by atoms with E-state index in [1.807, 2.05) is 96.3 Å². The summed E-state index contributed by atoms with van der Waals surface area (Å²) < 4.78 is 3.82. The monoisotopic (exact) mass is 374 g/mol. The first-order valence-electron chi connectivity index (χ1n) is 9.55. The van der Waals surface area contributed by atoms with Gasteiger partial charge in [0, 0.05) is 35.2 Å². The smallest absolute Gasteiger partial charge is 0.227 e. The Balaban J connectivity index is 1.52. The van der Waals surface area contributed by atoms with Gasteiger partial charge in [-0.25, -0.2) is 0 Å². The molecule has 1 aromatic carbocycles. The van der Waals surface area contributed by atoms with E-state index in [0.717, 1.165) is 16.7 Å². The van der Waals surface area contributed by atoms with Gasteiger partial charge < -0.3 is 0 Å². The van der Waals surface area contributed by atoms with E-state index in [0.29, 0.717) is 31.5 Å². The van der Waals surface area contributed by atoms with Crippen molar-refractivity contribution < 1.29 is 18.7 Å². The number of pyridine rings is 2. The lowest BCUT2D eigenvalue weighted by Gasteiger charge is -2.03. The van der Waals surface area contributed by atoms with Crippen LogP contribution in [-0.4, -0.2) is 11.6 Å². The second kappa shape index (κ2) is 9.18. The third kappa shape index (κ3) is 5.68. The summed E-state index contributed by atoms with van der Waals surface area (Å²) in [5.74, 6) is 0.278. The minimum absolute atomic E-state index is 0.0778. The SMILES string of the molecule is Cc1ccc[n+](CC(=O)CCc2ccc(C(=O)C[n+]3cccc(C)c3)cc2)c1. The van der Waals surface area contributed by atoms with Crippen LogP contribution in [0.2, 0.25) is 0 Å². The van der Waals surface area contributed by atoms with Crippen LogP contribution in [0.5, 0.6) is 0 Å². The molecule has 2 aromatic heterocycles. The van der Waals surface area contributed by atoms with Gasteiger partial charge in [0.15, 0.2) is 30.6 Å². The van der Waals surface area contributed by atoms with Gasteiger partial charge in [0.05, 0.1) is 0 Å². The van der Waals surface area contributed by atoms with Crippen LogP contribution in [0.25, 0.3) is 0 Å². The molecule has 28 heavy (non-hydrogen) atoms. The molecule has 4 heteroatoms. The molecule has 0 bridgehead atoms. The Morgan fingerprint density at radius 1 is 0.786 bits per heavy atom. The maximum absolute atomic E-state index is 12.5. The van der Waals surface area contributed by atoms with Crippen molar-refractivity contribution >= 4 is 11.6 Å². The Morgan fingerprint density at radius 2 is 1.36 bits per heavy atom. The van der Waals surface area contributed by atoms with Crippen LogP contribution in [0.4, 0.5) is 0 Å². The van der Waals surface area contributed by atoms with Crippen LogP contribution < -0.4 is 9.13 Å². The molecule has 0 fully saturated rings. The number of ketones is 2. The predicted octanol–water partition coefficient (Wildman–Crippen LogP) is 2.96. The van der Waals surface area contributed by atoms with Crippen molar-refractivity contribution in [2.24, 2.45) is 0 Å². The van der Waals surface area contributed by atoms with E-state index in [4.69, 9.17) is 0 Å². The van der Waals surface area contributed by atoms with E-state index < -0.39 is 0 Å². The molecule has 142 valence electrons. The van der Waals surface area contributed by atoms with Gasteiger partial charge >= 0.3 is 0 Å². The lowest BCUT2D eigenvalue weighted by molar-refractivity contribution is -0.684. The molecule has 0 saturated heterocycles. The highest BCUT2D eigenvalue weighted by atomic mass is 16.1. The molecule has 0 saturated carbocycles. The second-order valence-electron chi connectivity index (χ2n) is 7.27. The third-order valence-electron chi connectivity index (χ3n) is 4.67. The molecule has 0 aliphatic rings. The van der Waals surface area contributed by atoms with E-state index >= 15 is 0 Å². The fraction of sp³-hybridized carbons (Fsp3) is 0.250. The summed E-state index contributed by atoms with van der Waals surface area (Å²) in [7, 11) is 0. The number of Topliss-reactive ketones (excluding diaryl/α,β-unsaturated/α-hetero) is 2. The van der Waals surface area contributed by atoms with E-state index in [9.17, 15) is 9.59 Å². The summed E-state index contributed by atoms with van der Waals surface area (Å²) in [4.78, 5) is 24.7. The molecule has 2 heterocycles. The van der Waals surface area contributed by atoms with Crippen molar-refractivity contribution in [2.45, 2.75) is 39.8 Å². The number of carbonyl (C=O) groups is 2. The molecule has 0 radical (unpaired) electrons. The summed E-state index contributed by atoms with van der Waals surface area (Å²) in [5.41, 5.74) is 4.03. The highest BCUT2D eigenvalue weighted by Crippen LogP contribution is 2.08. The van der Waals surface area contributed by atoms with Gasteiger partial charge in [0.2, 0.25) is 18.9 Å². The number of carbonyl (C=O) groups excluding carboxylic acids is 2. The minimum atomic E-state index is 0.0778. The number of aryl methyl sites for hydroxylation is 3. The largest absolute Gasteiger partial charge is 0.293 e. The van der Waals surface area contributed by atoms with Gasteiger partial charge in [-0.3, -0.25) is 9.59 Å². The van der Waals surface area contributed by atoms with E-state index in [1.54, 1.807) is 0 Å². The van der Waals surface area contributed by atoms with Crippen LogP contribution >= 0.6 is 0 Å². The van der Waals surface area contributed by atoms with Crippen molar-refractivity contribution in [3.8, 4) is 0 Å². The summed E-state index contributed by atoms with van der Waals surface area (Å²) in [5, 5.41) is 0. The van der Waals surface area contributed by atoms with Gasteiger partial charge in [0.1, 0.15) is 0 Å². The average molecular weight is 374 g/mol. The van der Waals surface area contributed by atoms with Crippen LogP contribution in [0, 0.1) is 13.8 Å². The zero-order valence-electron chi connectivity index (χ0n) is 16.5. The van der Waals surface area contributed by atoms with Gasteiger partial charge in [-0.15, -0.1) is 0 Å². The molecule has 0 aliphatic heterocycles. The number of aromatic nitrogens is 2. The summed E-state index contributed by atoms with van der Waals surface area (Å²) in [6.07, 6.45) is 8.93. The van der Waals surface area contributed by atoms with Crippen molar-refractivity contribution in [3.63, 3.8) is 0 Å². The molecule has 0 N–H and O–H groups in total. The first kappa shape index (κ1) is 19.6. The lowest BCUT2D eigenvalue weighted by atomic mass is 10.0. The first-order chi connectivity index (χ1) is 13.5. The standard InChI is InChI=1S/C24H26N2O2/c1-19-5-3-13-25(15-19)17-23(27)12-9-21-7-10-22(11-8-21)24(28)18-26-14-4-6-20(2)16-26/h3-8,10-11,13-16H,9,12,17-18H2,1-2H3/q+2. The van der Waals surface area contributed by atoms with Crippen LogP contribution in [0.3, 0.4) is 0 Å². The number of hydrogen-bond acceptors (Lipinski definition) is 2. The van der Waals surface area contributed by atoms with Crippen molar-refractivity contribution in [1.29, 1.82) is 0 Å². The quantitative estimate of drug-likeness (QED) is 0.449. The van der Waals surface area contributed by atoms with E-state index in [1.165, 1.54) is 0 Å². The van der Waals surface area contributed by atoms with E-state index in [2.05, 4.69) is 0 Å². The summed E-state index contributed by atoms with van der Waals surface area (Å²) in [6.45, 7) is 4.75. The zero-order valence-corrected chi connectivity index (χ0v) is 16.5. The number of benzene rings is 1. The number of hydrogen-bond donors (Lipinski definition) is 0. The minimum Gasteiger partial charge on any atom is -0.293 e. The second-order valence-corrected chi connectivity index (χ2v) is 7.27. The van der Waals surface area contributed by atoms with Gasteiger partial charge in [-0.2, -0.15) is 9.13 Å². The fourth-order valence-electron chi connectivity index (χ4n) is 3.18. The Kier molecular flexibility index (Phi) is 6.43. The topological polar surface area (TPSA) is 41.9 Å². The van der Waals surface area contributed by atoms with E-state index in [-0.39, 0.29) is 11.6 Å². The van der Waals surface area contributed by atoms with Gasteiger partial charge in [0.25, 0.3) is 0 Å².